The Hall–Kier alpha value is -0.860. The van der Waals surface area contributed by atoms with Crippen molar-refractivity contribution in [1.29, 1.82) is 0 Å². The van der Waals surface area contributed by atoms with Crippen LogP contribution in [0.2, 0.25) is 0 Å². The van der Waals surface area contributed by atoms with Crippen LogP contribution in [0.4, 0.5) is 0 Å². The maximum Gasteiger partial charge on any atom is 0.293 e. The summed E-state index contributed by atoms with van der Waals surface area (Å²) in [4.78, 5) is 21.0. The average Bonchev–Trinajstić information content (AvgIpc) is 2.07. The van der Waals surface area contributed by atoms with Gasteiger partial charge < -0.3 is 4.74 Å². The first-order valence-corrected chi connectivity index (χ1v) is 3.67. The Kier molecular flexibility index (Phi) is 1.98. The lowest BCUT2D eigenvalue weighted by atomic mass is 9.89. The van der Waals surface area contributed by atoms with Gasteiger partial charge in [-0.05, 0) is 0 Å². The van der Waals surface area contributed by atoms with E-state index in [1.54, 1.807) is 0 Å². The topological polar surface area (TPSA) is 43.4 Å². The summed E-state index contributed by atoms with van der Waals surface area (Å²) < 4.78 is 4.79. The predicted octanol–water partition coefficient (Wildman–Crippen LogP) is 0.917. The molecule has 0 spiro atoms. The maximum absolute atomic E-state index is 10.9. The first kappa shape index (κ1) is 8.24. The van der Waals surface area contributed by atoms with E-state index in [0.29, 0.717) is 19.3 Å². The molecule has 11 heavy (non-hydrogen) atoms. The van der Waals surface area contributed by atoms with Crippen LogP contribution in [-0.4, -0.2) is 18.4 Å². The minimum Gasteiger partial charge on any atom is -0.464 e. The van der Waals surface area contributed by atoms with Gasteiger partial charge in [-0.1, -0.05) is 13.8 Å². The summed E-state index contributed by atoms with van der Waals surface area (Å²) in [6.07, 6.45) is 0.685. The van der Waals surface area contributed by atoms with Crippen LogP contribution in [0.25, 0.3) is 0 Å². The number of Topliss-reactive ketones (excluding diaryl/α,β-unsaturated/α-hetero) is 1. The van der Waals surface area contributed by atoms with E-state index in [4.69, 9.17) is 4.74 Å². The number of ketones is 1. The van der Waals surface area contributed by atoms with Gasteiger partial charge in [-0.3, -0.25) is 9.59 Å². The zero-order valence-electron chi connectivity index (χ0n) is 6.79. The van der Waals surface area contributed by atoms with Crippen molar-refractivity contribution in [2.24, 2.45) is 5.41 Å². The number of hydrogen-bond donors (Lipinski definition) is 0. The van der Waals surface area contributed by atoms with Crippen LogP contribution in [0.1, 0.15) is 26.7 Å². The summed E-state index contributed by atoms with van der Waals surface area (Å²) in [5.74, 6) is 0.182. The van der Waals surface area contributed by atoms with Crippen molar-refractivity contribution in [2.75, 3.05) is 0 Å². The average molecular weight is 156 g/mol. The van der Waals surface area contributed by atoms with Crippen LogP contribution in [0.5, 0.6) is 0 Å². The molecule has 1 rings (SSSR count). The number of ether oxygens (including phenoxy) is 1. The molecule has 62 valence electrons. The molecule has 0 heterocycles. The van der Waals surface area contributed by atoms with E-state index in [1.807, 2.05) is 13.8 Å². The van der Waals surface area contributed by atoms with Crippen molar-refractivity contribution >= 4 is 12.3 Å². The summed E-state index contributed by atoms with van der Waals surface area (Å²) in [5, 5.41) is 0. The highest BCUT2D eigenvalue weighted by Crippen LogP contribution is 2.36. The van der Waals surface area contributed by atoms with Gasteiger partial charge in [0, 0.05) is 18.3 Å². The normalized spacial score (nSPS) is 28.5. The second-order valence-electron chi connectivity index (χ2n) is 3.63. The molecule has 3 heteroatoms. The molecule has 0 aromatic heterocycles. The smallest absolute Gasteiger partial charge is 0.293 e. The number of hydrogen-bond acceptors (Lipinski definition) is 3. The molecule has 0 saturated heterocycles. The quantitative estimate of drug-likeness (QED) is 0.558. The van der Waals surface area contributed by atoms with E-state index in [2.05, 4.69) is 0 Å². The Labute approximate surface area is 65.7 Å². The van der Waals surface area contributed by atoms with Crippen LogP contribution in [0.3, 0.4) is 0 Å². The van der Waals surface area contributed by atoms with Gasteiger partial charge in [0.25, 0.3) is 6.47 Å². The fraction of sp³-hybridized carbons (Fsp3) is 0.750. The molecule has 0 aliphatic heterocycles. The molecular weight excluding hydrogens is 144 g/mol. The molecule has 0 amide bonds. The SMILES string of the molecule is CC1(C)CC(=O)CC1OC=O. The second kappa shape index (κ2) is 2.64. The molecule has 0 bridgehead atoms. The molecular formula is C8H12O3. The lowest BCUT2D eigenvalue weighted by molar-refractivity contribution is -0.137. The Morgan fingerprint density at radius 3 is 2.64 bits per heavy atom. The van der Waals surface area contributed by atoms with Gasteiger partial charge in [0.15, 0.2) is 0 Å². The first-order valence-electron chi connectivity index (χ1n) is 3.67. The monoisotopic (exact) mass is 156 g/mol. The zero-order valence-corrected chi connectivity index (χ0v) is 6.79. The Bertz CT molecular complexity index is 184. The lowest BCUT2D eigenvalue weighted by Crippen LogP contribution is -2.25. The van der Waals surface area contributed by atoms with Crippen molar-refractivity contribution < 1.29 is 14.3 Å². The molecule has 1 unspecified atom stereocenters. The largest absolute Gasteiger partial charge is 0.464 e. The molecule has 0 aromatic carbocycles. The van der Waals surface area contributed by atoms with Gasteiger partial charge in [0.05, 0.1) is 0 Å². The fourth-order valence-corrected chi connectivity index (χ4v) is 1.48. The third-order valence-electron chi connectivity index (χ3n) is 2.16. The molecule has 1 aliphatic carbocycles. The minimum atomic E-state index is -0.215. The third kappa shape index (κ3) is 1.59. The predicted molar refractivity (Wildman–Crippen MR) is 39.0 cm³/mol. The van der Waals surface area contributed by atoms with E-state index in [-0.39, 0.29) is 17.3 Å². The summed E-state index contributed by atoms with van der Waals surface area (Å²) >= 11 is 0. The molecule has 0 radical (unpaired) electrons. The van der Waals surface area contributed by atoms with Gasteiger partial charge in [-0.2, -0.15) is 0 Å². The van der Waals surface area contributed by atoms with Gasteiger partial charge in [0.1, 0.15) is 11.9 Å². The first-order chi connectivity index (χ1) is 5.06. The Balaban J connectivity index is 2.65. The summed E-state index contributed by atoms with van der Waals surface area (Å²) in [6.45, 7) is 4.29. The molecule has 0 N–H and O–H groups in total. The van der Waals surface area contributed by atoms with E-state index >= 15 is 0 Å². The Morgan fingerprint density at radius 2 is 2.27 bits per heavy atom. The van der Waals surface area contributed by atoms with Crippen molar-refractivity contribution in [2.45, 2.75) is 32.8 Å². The van der Waals surface area contributed by atoms with Crippen LogP contribution < -0.4 is 0 Å². The summed E-state index contributed by atoms with van der Waals surface area (Å²) in [6, 6.07) is 0. The highest BCUT2D eigenvalue weighted by Gasteiger charge is 2.41. The van der Waals surface area contributed by atoms with Crippen LogP contribution in [0.15, 0.2) is 0 Å². The minimum absolute atomic E-state index is 0.169. The number of carbonyl (C=O) groups is 2. The van der Waals surface area contributed by atoms with E-state index < -0.39 is 0 Å². The van der Waals surface area contributed by atoms with Crippen LogP contribution in [0, 0.1) is 5.41 Å². The van der Waals surface area contributed by atoms with Gasteiger partial charge in [-0.25, -0.2) is 0 Å². The summed E-state index contributed by atoms with van der Waals surface area (Å²) in [7, 11) is 0. The fourth-order valence-electron chi connectivity index (χ4n) is 1.48. The molecule has 0 aromatic rings. The third-order valence-corrected chi connectivity index (χ3v) is 2.16. The molecule has 1 atom stereocenters. The molecule has 3 nitrogen and oxygen atoms in total. The number of rotatable bonds is 2. The zero-order chi connectivity index (χ0) is 8.48. The molecule has 1 aliphatic rings. The standard InChI is InChI=1S/C8H12O3/c1-8(2)4-6(10)3-7(8)11-5-9/h5,7H,3-4H2,1-2H3. The van der Waals surface area contributed by atoms with Gasteiger partial charge in [-0.15, -0.1) is 0 Å². The molecule has 1 saturated carbocycles. The molecule has 1 fully saturated rings. The Morgan fingerprint density at radius 1 is 1.64 bits per heavy atom. The van der Waals surface area contributed by atoms with Crippen molar-refractivity contribution in [3.8, 4) is 0 Å². The van der Waals surface area contributed by atoms with Crippen molar-refractivity contribution in [3.63, 3.8) is 0 Å². The second-order valence-corrected chi connectivity index (χ2v) is 3.63. The van der Waals surface area contributed by atoms with Crippen molar-refractivity contribution in [3.05, 3.63) is 0 Å². The van der Waals surface area contributed by atoms with E-state index in [1.165, 1.54) is 0 Å². The van der Waals surface area contributed by atoms with Gasteiger partial charge in [0.2, 0.25) is 0 Å². The number of carbonyl (C=O) groups excluding carboxylic acids is 2. The lowest BCUT2D eigenvalue weighted by Gasteiger charge is -2.23. The maximum atomic E-state index is 10.9. The van der Waals surface area contributed by atoms with Crippen LogP contribution in [-0.2, 0) is 14.3 Å². The van der Waals surface area contributed by atoms with E-state index in [0.717, 1.165) is 0 Å². The van der Waals surface area contributed by atoms with E-state index in [9.17, 15) is 9.59 Å². The highest BCUT2D eigenvalue weighted by atomic mass is 16.5. The summed E-state index contributed by atoms with van der Waals surface area (Å²) in [5.41, 5.74) is -0.169. The van der Waals surface area contributed by atoms with Crippen LogP contribution >= 0.6 is 0 Å². The highest BCUT2D eigenvalue weighted by molar-refractivity contribution is 5.82. The van der Waals surface area contributed by atoms with Crippen molar-refractivity contribution in [1.82, 2.24) is 0 Å². The van der Waals surface area contributed by atoms with Gasteiger partial charge >= 0.3 is 0 Å².